The third-order valence-electron chi connectivity index (χ3n) is 5.05. The molecule has 3 rings (SSSR count). The van der Waals surface area contributed by atoms with E-state index in [1.807, 2.05) is 0 Å². The summed E-state index contributed by atoms with van der Waals surface area (Å²) in [7, 11) is 0. The number of amides is 1. The molecule has 2 unspecified atom stereocenters. The van der Waals surface area contributed by atoms with Gasteiger partial charge in [-0.05, 0) is 56.2 Å². The number of nitrogens with one attached hydrogen (secondary N) is 1. The van der Waals surface area contributed by atoms with Crippen molar-refractivity contribution in [3.05, 3.63) is 34.3 Å². The lowest BCUT2D eigenvalue weighted by Gasteiger charge is -2.44. The van der Waals surface area contributed by atoms with Crippen molar-refractivity contribution in [2.75, 3.05) is 0 Å². The summed E-state index contributed by atoms with van der Waals surface area (Å²) in [5, 5.41) is 3.35. The van der Waals surface area contributed by atoms with Crippen LogP contribution in [0.3, 0.4) is 0 Å². The molecule has 0 saturated heterocycles. The van der Waals surface area contributed by atoms with Crippen molar-refractivity contribution in [3.63, 3.8) is 0 Å². The van der Waals surface area contributed by atoms with E-state index < -0.39 is 0 Å². The monoisotopic (exact) mass is 386 g/mol. The Morgan fingerprint density at radius 1 is 1.18 bits per heavy atom. The molecule has 2 aliphatic rings. The summed E-state index contributed by atoms with van der Waals surface area (Å²) in [4.78, 5) is 12.6. The average Bonchev–Trinajstić information content (AvgIpc) is 2.44. The predicted octanol–water partition coefficient (Wildman–Crippen LogP) is 3.88. The number of hydrogen-bond acceptors (Lipinski definition) is 2. The minimum Gasteiger partial charge on any atom is -0.346 e. The molecule has 1 aromatic carbocycles. The Labute approximate surface area is 147 Å². The van der Waals surface area contributed by atoms with Gasteiger partial charge in [0.1, 0.15) is 0 Å². The molecule has 2 saturated carbocycles. The lowest BCUT2D eigenvalue weighted by atomic mass is 9.71. The highest BCUT2D eigenvalue weighted by Gasteiger charge is 2.41. The van der Waals surface area contributed by atoms with Crippen LogP contribution < -0.4 is 11.1 Å². The van der Waals surface area contributed by atoms with E-state index >= 15 is 0 Å². The van der Waals surface area contributed by atoms with Crippen LogP contribution in [0, 0.1) is 5.92 Å². The van der Waals surface area contributed by atoms with Crippen LogP contribution in [0.1, 0.15) is 50.5 Å². The van der Waals surface area contributed by atoms with E-state index in [0.29, 0.717) is 0 Å². The quantitative estimate of drug-likeness (QED) is 0.827. The van der Waals surface area contributed by atoms with Crippen LogP contribution in [0.25, 0.3) is 0 Å². The second-order valence-electron chi connectivity index (χ2n) is 6.56. The van der Waals surface area contributed by atoms with Crippen molar-refractivity contribution >= 4 is 34.2 Å². The maximum absolute atomic E-state index is 12.6. The molecule has 3 nitrogen and oxygen atoms in total. The molecule has 2 fully saturated rings. The Kier molecular flexibility index (Phi) is 5.92. The first-order valence-electron chi connectivity index (χ1n) is 7.93. The number of benzene rings is 1. The largest absolute Gasteiger partial charge is 0.346 e. The number of carbonyl (C=O) groups excluding carboxylic acids is 1. The number of rotatable bonds is 3. The van der Waals surface area contributed by atoms with E-state index in [2.05, 4.69) is 45.5 Å². The summed E-state index contributed by atoms with van der Waals surface area (Å²) in [6, 6.07) is 8.54. The van der Waals surface area contributed by atoms with Gasteiger partial charge in [0.15, 0.2) is 0 Å². The van der Waals surface area contributed by atoms with E-state index in [1.165, 1.54) is 12.0 Å². The smallest absolute Gasteiger partial charge is 0.223 e. The second-order valence-corrected chi connectivity index (χ2v) is 7.47. The Morgan fingerprint density at radius 2 is 1.86 bits per heavy atom. The van der Waals surface area contributed by atoms with Crippen LogP contribution in [-0.2, 0) is 10.3 Å². The van der Waals surface area contributed by atoms with Gasteiger partial charge in [0, 0.05) is 16.4 Å². The highest BCUT2D eigenvalue weighted by Crippen LogP contribution is 2.42. The van der Waals surface area contributed by atoms with Gasteiger partial charge in [0.05, 0.1) is 5.54 Å². The molecule has 22 heavy (non-hydrogen) atoms. The van der Waals surface area contributed by atoms with Crippen LogP contribution in [0.2, 0.25) is 0 Å². The van der Waals surface area contributed by atoms with Gasteiger partial charge in [-0.2, -0.15) is 0 Å². The van der Waals surface area contributed by atoms with E-state index in [-0.39, 0.29) is 35.8 Å². The summed E-state index contributed by atoms with van der Waals surface area (Å²) >= 11 is 3.47. The molecule has 0 spiro atoms. The molecule has 0 radical (unpaired) electrons. The van der Waals surface area contributed by atoms with Crippen molar-refractivity contribution in [2.24, 2.45) is 11.7 Å². The predicted molar refractivity (Wildman–Crippen MR) is 95.0 cm³/mol. The van der Waals surface area contributed by atoms with Crippen LogP contribution in [0.5, 0.6) is 0 Å². The molecule has 1 amide bonds. The van der Waals surface area contributed by atoms with Crippen molar-refractivity contribution < 1.29 is 4.79 Å². The molecule has 2 atom stereocenters. The summed E-state index contributed by atoms with van der Waals surface area (Å²) in [5.74, 6) is 0.300. The molecule has 2 aliphatic carbocycles. The molecular formula is C17H24BrClN2O. The Morgan fingerprint density at radius 3 is 2.41 bits per heavy atom. The molecule has 122 valence electrons. The standard InChI is InChI=1S/C17H23BrN2O.ClH/c18-14-7-5-13(6-8-14)17(9-2-10-17)20-16(21)12-3-1-4-15(19)11-12;/h5-8,12,15H,1-4,9-11,19H2,(H,20,21);1H. The van der Waals surface area contributed by atoms with Gasteiger partial charge in [-0.1, -0.05) is 34.5 Å². The van der Waals surface area contributed by atoms with E-state index in [0.717, 1.165) is 43.0 Å². The van der Waals surface area contributed by atoms with Gasteiger partial charge in [-0.25, -0.2) is 0 Å². The average molecular weight is 388 g/mol. The molecule has 0 heterocycles. The minimum atomic E-state index is -0.140. The maximum atomic E-state index is 12.6. The Bertz CT molecular complexity index is 516. The Hall–Kier alpha value is -0.580. The fraction of sp³-hybridized carbons (Fsp3) is 0.588. The summed E-state index contributed by atoms with van der Waals surface area (Å²) < 4.78 is 1.07. The van der Waals surface area contributed by atoms with Gasteiger partial charge >= 0.3 is 0 Å². The highest BCUT2D eigenvalue weighted by atomic mass is 79.9. The van der Waals surface area contributed by atoms with E-state index in [4.69, 9.17) is 5.73 Å². The molecule has 1 aromatic rings. The molecule has 3 N–H and O–H groups in total. The Balaban J connectivity index is 0.00000176. The summed E-state index contributed by atoms with van der Waals surface area (Å²) in [5.41, 5.74) is 7.10. The third-order valence-corrected chi connectivity index (χ3v) is 5.58. The zero-order valence-electron chi connectivity index (χ0n) is 12.7. The van der Waals surface area contributed by atoms with Crippen molar-refractivity contribution in [2.45, 2.75) is 56.5 Å². The SMILES string of the molecule is Cl.NC1CCCC(C(=O)NC2(c3ccc(Br)cc3)CCC2)C1. The maximum Gasteiger partial charge on any atom is 0.223 e. The molecule has 0 bridgehead atoms. The number of hydrogen-bond donors (Lipinski definition) is 2. The van der Waals surface area contributed by atoms with Gasteiger partial charge in [-0.15, -0.1) is 12.4 Å². The van der Waals surface area contributed by atoms with Crippen molar-refractivity contribution in [1.82, 2.24) is 5.32 Å². The van der Waals surface area contributed by atoms with Crippen LogP contribution in [0.15, 0.2) is 28.7 Å². The number of halogens is 2. The molecule has 0 aromatic heterocycles. The fourth-order valence-corrected chi connectivity index (χ4v) is 3.85. The van der Waals surface area contributed by atoms with Gasteiger partial charge in [0.25, 0.3) is 0 Å². The lowest BCUT2D eigenvalue weighted by Crippen LogP contribution is -2.53. The number of nitrogens with two attached hydrogens (primary N) is 1. The lowest BCUT2D eigenvalue weighted by molar-refractivity contribution is -0.129. The van der Waals surface area contributed by atoms with E-state index in [1.54, 1.807) is 0 Å². The molecule has 0 aliphatic heterocycles. The molecular weight excluding hydrogens is 364 g/mol. The summed E-state index contributed by atoms with van der Waals surface area (Å²) in [6.45, 7) is 0. The van der Waals surface area contributed by atoms with Gasteiger partial charge in [-0.3, -0.25) is 4.79 Å². The first-order chi connectivity index (χ1) is 10.1. The highest BCUT2D eigenvalue weighted by molar-refractivity contribution is 9.10. The van der Waals surface area contributed by atoms with Crippen molar-refractivity contribution in [1.29, 1.82) is 0 Å². The van der Waals surface area contributed by atoms with Crippen LogP contribution >= 0.6 is 28.3 Å². The van der Waals surface area contributed by atoms with Gasteiger partial charge < -0.3 is 11.1 Å². The van der Waals surface area contributed by atoms with Crippen LogP contribution in [0.4, 0.5) is 0 Å². The first kappa shape index (κ1) is 17.8. The van der Waals surface area contributed by atoms with E-state index in [9.17, 15) is 4.79 Å². The zero-order chi connectivity index (χ0) is 14.9. The number of carbonyl (C=O) groups is 1. The topological polar surface area (TPSA) is 55.1 Å². The fourth-order valence-electron chi connectivity index (χ4n) is 3.59. The normalized spacial score (nSPS) is 26.5. The zero-order valence-corrected chi connectivity index (χ0v) is 15.1. The van der Waals surface area contributed by atoms with Gasteiger partial charge in [0.2, 0.25) is 5.91 Å². The third kappa shape index (κ3) is 3.66. The molecule has 5 heteroatoms. The summed E-state index contributed by atoms with van der Waals surface area (Å²) in [6.07, 6.45) is 7.21. The second kappa shape index (κ2) is 7.33. The minimum absolute atomic E-state index is 0. The van der Waals surface area contributed by atoms with Crippen molar-refractivity contribution in [3.8, 4) is 0 Å². The van der Waals surface area contributed by atoms with Crippen LogP contribution in [-0.4, -0.2) is 11.9 Å². The first-order valence-corrected chi connectivity index (χ1v) is 8.72.